The highest BCUT2D eigenvalue weighted by atomic mass is 16.4. The first kappa shape index (κ1) is 17.0. The number of aryl methyl sites for hydroxylation is 2. The fraction of sp³-hybridized carbons (Fsp3) is 0.125. The van der Waals surface area contributed by atoms with Gasteiger partial charge in [-0.05, 0) is 43.2 Å². The van der Waals surface area contributed by atoms with E-state index < -0.39 is 11.9 Å². The SMILES string of the molecule is Cc1ccc(C(=O)O)c(O)c1.Cc1cccc(C(=O)O)c1O. The Morgan fingerprint density at radius 2 is 1.45 bits per heavy atom. The highest BCUT2D eigenvalue weighted by Crippen LogP contribution is 2.20. The summed E-state index contributed by atoms with van der Waals surface area (Å²) in [6, 6.07) is 9.06. The molecule has 0 saturated carbocycles. The van der Waals surface area contributed by atoms with Crippen LogP contribution in [-0.2, 0) is 0 Å². The first-order chi connectivity index (χ1) is 10.2. The molecule has 0 bridgehead atoms. The lowest BCUT2D eigenvalue weighted by molar-refractivity contribution is 0.0682. The minimum atomic E-state index is -1.11. The van der Waals surface area contributed by atoms with E-state index in [0.29, 0.717) is 5.56 Å². The molecule has 0 fully saturated rings. The Morgan fingerprint density at radius 1 is 0.864 bits per heavy atom. The van der Waals surface area contributed by atoms with Gasteiger partial charge in [0.1, 0.15) is 22.6 Å². The number of carbonyl (C=O) groups is 2. The summed E-state index contributed by atoms with van der Waals surface area (Å²) in [7, 11) is 0. The molecule has 2 rings (SSSR count). The molecule has 4 N–H and O–H groups in total. The van der Waals surface area contributed by atoms with Gasteiger partial charge in [-0.15, -0.1) is 0 Å². The lowest BCUT2D eigenvalue weighted by Crippen LogP contribution is -1.96. The summed E-state index contributed by atoms with van der Waals surface area (Å²) in [6.07, 6.45) is 0. The smallest absolute Gasteiger partial charge is 0.339 e. The van der Waals surface area contributed by atoms with Crippen LogP contribution in [0.4, 0.5) is 0 Å². The van der Waals surface area contributed by atoms with Crippen LogP contribution in [0.1, 0.15) is 31.8 Å². The summed E-state index contributed by atoms with van der Waals surface area (Å²) in [5.41, 5.74) is 1.30. The summed E-state index contributed by atoms with van der Waals surface area (Å²) in [4.78, 5) is 20.8. The van der Waals surface area contributed by atoms with Gasteiger partial charge in [0, 0.05) is 0 Å². The lowest BCUT2D eigenvalue weighted by atomic mass is 10.1. The van der Waals surface area contributed by atoms with Gasteiger partial charge in [-0.2, -0.15) is 0 Å². The molecule has 0 atom stereocenters. The molecule has 116 valence electrons. The van der Waals surface area contributed by atoms with E-state index in [1.807, 2.05) is 0 Å². The highest BCUT2D eigenvalue weighted by molar-refractivity contribution is 5.91. The normalized spacial score (nSPS) is 9.55. The minimum Gasteiger partial charge on any atom is -0.507 e. The highest BCUT2D eigenvalue weighted by Gasteiger charge is 2.09. The van der Waals surface area contributed by atoms with Crippen LogP contribution >= 0.6 is 0 Å². The monoisotopic (exact) mass is 304 g/mol. The van der Waals surface area contributed by atoms with Gasteiger partial charge < -0.3 is 20.4 Å². The number of carboxylic acid groups (broad SMARTS) is 2. The number of benzene rings is 2. The van der Waals surface area contributed by atoms with Crippen LogP contribution in [0.3, 0.4) is 0 Å². The quantitative estimate of drug-likeness (QED) is 0.678. The van der Waals surface area contributed by atoms with Crippen LogP contribution in [-0.4, -0.2) is 32.4 Å². The summed E-state index contributed by atoms with van der Waals surface area (Å²) in [5.74, 6) is -2.55. The van der Waals surface area contributed by atoms with Gasteiger partial charge in [0.05, 0.1) is 0 Å². The van der Waals surface area contributed by atoms with E-state index in [2.05, 4.69) is 0 Å². The van der Waals surface area contributed by atoms with Crippen molar-refractivity contribution in [3.8, 4) is 11.5 Å². The Bertz CT molecular complexity index is 706. The largest absolute Gasteiger partial charge is 0.507 e. The van der Waals surface area contributed by atoms with Crippen molar-refractivity contribution in [3.05, 3.63) is 58.7 Å². The molecule has 0 heterocycles. The molecule has 0 aromatic heterocycles. The van der Waals surface area contributed by atoms with Crippen LogP contribution in [0.5, 0.6) is 11.5 Å². The minimum absolute atomic E-state index is 0.0509. The zero-order chi connectivity index (χ0) is 16.9. The van der Waals surface area contributed by atoms with Crippen molar-refractivity contribution in [2.24, 2.45) is 0 Å². The number of hydrogen-bond donors (Lipinski definition) is 4. The maximum Gasteiger partial charge on any atom is 0.339 e. The Labute approximate surface area is 126 Å². The van der Waals surface area contributed by atoms with E-state index in [1.165, 1.54) is 18.2 Å². The molecule has 0 spiro atoms. The van der Waals surface area contributed by atoms with Gasteiger partial charge in [-0.3, -0.25) is 0 Å². The fourth-order valence-electron chi connectivity index (χ4n) is 1.65. The molecule has 0 aliphatic rings. The summed E-state index contributed by atoms with van der Waals surface area (Å²) >= 11 is 0. The second kappa shape index (κ2) is 7.12. The van der Waals surface area contributed by atoms with E-state index in [4.69, 9.17) is 15.3 Å². The average molecular weight is 304 g/mol. The maximum atomic E-state index is 10.4. The number of phenols is 2. The summed E-state index contributed by atoms with van der Waals surface area (Å²) < 4.78 is 0. The summed E-state index contributed by atoms with van der Waals surface area (Å²) in [5, 5.41) is 35.3. The Hall–Kier alpha value is -3.02. The van der Waals surface area contributed by atoms with Crippen LogP contribution in [0, 0.1) is 13.8 Å². The van der Waals surface area contributed by atoms with Gasteiger partial charge in [0.15, 0.2) is 0 Å². The Morgan fingerprint density at radius 3 is 1.91 bits per heavy atom. The lowest BCUT2D eigenvalue weighted by Gasteiger charge is -2.00. The van der Waals surface area contributed by atoms with Gasteiger partial charge in [-0.1, -0.05) is 18.2 Å². The van der Waals surface area contributed by atoms with Crippen molar-refractivity contribution in [2.75, 3.05) is 0 Å². The van der Waals surface area contributed by atoms with E-state index in [9.17, 15) is 14.7 Å². The molecule has 0 aliphatic carbocycles. The molecule has 2 aromatic carbocycles. The zero-order valence-corrected chi connectivity index (χ0v) is 12.1. The first-order valence-electron chi connectivity index (χ1n) is 6.28. The van der Waals surface area contributed by atoms with Gasteiger partial charge in [0.2, 0.25) is 0 Å². The molecular weight excluding hydrogens is 288 g/mol. The van der Waals surface area contributed by atoms with E-state index in [-0.39, 0.29) is 22.6 Å². The third-order valence-electron chi connectivity index (χ3n) is 2.85. The third kappa shape index (κ3) is 4.24. The molecule has 0 aliphatic heterocycles. The van der Waals surface area contributed by atoms with E-state index >= 15 is 0 Å². The van der Waals surface area contributed by atoms with Crippen molar-refractivity contribution in [3.63, 3.8) is 0 Å². The Kier molecular flexibility index (Phi) is 5.51. The molecular formula is C16H16O6. The van der Waals surface area contributed by atoms with Gasteiger partial charge in [-0.25, -0.2) is 9.59 Å². The van der Waals surface area contributed by atoms with Crippen LogP contribution in [0.15, 0.2) is 36.4 Å². The van der Waals surface area contributed by atoms with Gasteiger partial charge in [0.25, 0.3) is 0 Å². The van der Waals surface area contributed by atoms with Crippen LogP contribution < -0.4 is 0 Å². The molecule has 22 heavy (non-hydrogen) atoms. The predicted molar refractivity (Wildman–Crippen MR) is 79.6 cm³/mol. The topological polar surface area (TPSA) is 115 Å². The maximum absolute atomic E-state index is 10.4. The van der Waals surface area contributed by atoms with E-state index in [1.54, 1.807) is 32.0 Å². The van der Waals surface area contributed by atoms with Crippen molar-refractivity contribution >= 4 is 11.9 Å². The summed E-state index contributed by atoms with van der Waals surface area (Å²) in [6.45, 7) is 3.44. The first-order valence-corrected chi connectivity index (χ1v) is 6.28. The number of para-hydroxylation sites is 1. The zero-order valence-electron chi connectivity index (χ0n) is 12.1. The second-order valence-corrected chi connectivity index (χ2v) is 4.60. The molecule has 6 heteroatoms. The van der Waals surface area contributed by atoms with Gasteiger partial charge >= 0.3 is 11.9 Å². The second-order valence-electron chi connectivity index (χ2n) is 4.60. The standard InChI is InChI=1S/2C8H8O3/c1-5-2-3-6(8(10)11)7(9)4-5;1-5-3-2-4-6(7(5)9)8(10)11/h2*2-4,9H,1H3,(H,10,11). The molecule has 0 radical (unpaired) electrons. The molecule has 0 amide bonds. The average Bonchev–Trinajstić information content (AvgIpc) is 2.41. The Balaban J connectivity index is 0.000000220. The number of carboxylic acids is 2. The number of aromatic hydroxyl groups is 2. The van der Waals surface area contributed by atoms with Crippen molar-refractivity contribution < 1.29 is 30.0 Å². The van der Waals surface area contributed by atoms with E-state index in [0.717, 1.165) is 5.56 Å². The number of hydrogen-bond acceptors (Lipinski definition) is 4. The number of rotatable bonds is 2. The van der Waals surface area contributed by atoms with Crippen LogP contribution in [0.25, 0.3) is 0 Å². The number of aromatic carboxylic acids is 2. The molecule has 0 unspecified atom stereocenters. The molecule has 0 saturated heterocycles. The van der Waals surface area contributed by atoms with Crippen molar-refractivity contribution in [2.45, 2.75) is 13.8 Å². The van der Waals surface area contributed by atoms with Crippen molar-refractivity contribution in [1.29, 1.82) is 0 Å². The van der Waals surface area contributed by atoms with Crippen molar-refractivity contribution in [1.82, 2.24) is 0 Å². The molecule has 6 nitrogen and oxygen atoms in total. The molecule has 2 aromatic rings. The fourth-order valence-corrected chi connectivity index (χ4v) is 1.65. The third-order valence-corrected chi connectivity index (χ3v) is 2.85. The van der Waals surface area contributed by atoms with Crippen LogP contribution in [0.2, 0.25) is 0 Å². The predicted octanol–water partition coefficient (Wildman–Crippen LogP) is 2.80.